The van der Waals surface area contributed by atoms with Gasteiger partial charge in [0.15, 0.2) is 0 Å². The molecule has 0 spiro atoms. The zero-order valence-electron chi connectivity index (χ0n) is 9.25. The molecule has 2 rings (SSSR count). The maximum absolute atomic E-state index is 3.52. The molecule has 1 heterocycles. The van der Waals surface area contributed by atoms with Gasteiger partial charge in [0.25, 0.3) is 0 Å². The van der Waals surface area contributed by atoms with Crippen LogP contribution in [0, 0.1) is 0 Å². The van der Waals surface area contributed by atoms with Crippen molar-refractivity contribution in [1.82, 2.24) is 4.90 Å². The minimum absolute atomic E-state index is 0.748. The number of hydrogen-bond acceptors (Lipinski definition) is 1. The molecule has 0 saturated carbocycles. The van der Waals surface area contributed by atoms with Gasteiger partial charge < -0.3 is 0 Å². The van der Waals surface area contributed by atoms with Gasteiger partial charge in [-0.2, -0.15) is 0 Å². The van der Waals surface area contributed by atoms with Gasteiger partial charge in [0.05, 0.1) is 0 Å². The lowest BCUT2D eigenvalue weighted by atomic mass is 10.0. The van der Waals surface area contributed by atoms with Crippen molar-refractivity contribution < 1.29 is 0 Å². The first-order valence-corrected chi connectivity index (χ1v) is 6.53. The molecular formula is C13H18BrN. The molecule has 1 aliphatic rings. The van der Waals surface area contributed by atoms with Crippen molar-refractivity contribution in [2.75, 3.05) is 6.54 Å². The molecule has 0 bridgehead atoms. The summed E-state index contributed by atoms with van der Waals surface area (Å²) >= 11 is 3.52. The van der Waals surface area contributed by atoms with Crippen molar-refractivity contribution in [3.8, 4) is 0 Å². The molecule has 1 aromatic rings. The summed E-state index contributed by atoms with van der Waals surface area (Å²) in [6.45, 7) is 4.70. The molecule has 1 aromatic carbocycles. The van der Waals surface area contributed by atoms with Crippen LogP contribution in [0.25, 0.3) is 0 Å². The van der Waals surface area contributed by atoms with Crippen molar-refractivity contribution in [3.05, 3.63) is 34.3 Å². The van der Waals surface area contributed by atoms with Gasteiger partial charge in [-0.05, 0) is 44.0 Å². The first kappa shape index (κ1) is 11.2. The molecule has 0 amide bonds. The van der Waals surface area contributed by atoms with Crippen molar-refractivity contribution in [3.63, 3.8) is 0 Å². The Morgan fingerprint density at radius 1 is 1.40 bits per heavy atom. The molecule has 2 heteroatoms. The van der Waals surface area contributed by atoms with E-state index in [-0.39, 0.29) is 0 Å². The SMILES string of the molecule is C[C@@H]1CCCCN1Cc1cccc(Br)c1. The largest absolute Gasteiger partial charge is 0.296 e. The van der Waals surface area contributed by atoms with Gasteiger partial charge >= 0.3 is 0 Å². The summed E-state index contributed by atoms with van der Waals surface area (Å²) < 4.78 is 1.18. The van der Waals surface area contributed by atoms with E-state index < -0.39 is 0 Å². The third-order valence-electron chi connectivity index (χ3n) is 3.22. The summed E-state index contributed by atoms with van der Waals surface area (Å²) in [5, 5.41) is 0. The van der Waals surface area contributed by atoms with Crippen molar-refractivity contribution in [1.29, 1.82) is 0 Å². The van der Waals surface area contributed by atoms with E-state index >= 15 is 0 Å². The topological polar surface area (TPSA) is 3.24 Å². The van der Waals surface area contributed by atoms with Gasteiger partial charge in [0, 0.05) is 17.1 Å². The van der Waals surface area contributed by atoms with Crippen LogP contribution >= 0.6 is 15.9 Å². The highest BCUT2D eigenvalue weighted by Crippen LogP contribution is 2.20. The van der Waals surface area contributed by atoms with Crippen LogP contribution < -0.4 is 0 Å². The fraction of sp³-hybridized carbons (Fsp3) is 0.538. The van der Waals surface area contributed by atoms with Gasteiger partial charge in [-0.1, -0.05) is 34.5 Å². The predicted octanol–water partition coefficient (Wildman–Crippen LogP) is 3.82. The van der Waals surface area contributed by atoms with Crippen molar-refractivity contribution >= 4 is 15.9 Å². The molecule has 0 N–H and O–H groups in total. The Morgan fingerprint density at radius 2 is 2.27 bits per heavy atom. The Labute approximate surface area is 101 Å². The first-order chi connectivity index (χ1) is 7.25. The fourth-order valence-electron chi connectivity index (χ4n) is 2.26. The number of piperidine rings is 1. The Hall–Kier alpha value is -0.340. The maximum atomic E-state index is 3.52. The molecule has 1 saturated heterocycles. The van der Waals surface area contributed by atoms with E-state index in [2.05, 4.69) is 52.0 Å². The van der Waals surface area contributed by atoms with Crippen molar-refractivity contribution in [2.24, 2.45) is 0 Å². The first-order valence-electron chi connectivity index (χ1n) is 5.74. The molecule has 1 aliphatic heterocycles. The number of hydrogen-bond donors (Lipinski definition) is 0. The van der Waals surface area contributed by atoms with Gasteiger partial charge in [0.2, 0.25) is 0 Å². The molecule has 1 nitrogen and oxygen atoms in total. The average Bonchev–Trinajstić information content (AvgIpc) is 2.22. The summed E-state index contributed by atoms with van der Waals surface area (Å²) in [6, 6.07) is 9.39. The molecule has 0 aliphatic carbocycles. The Balaban J connectivity index is 2.01. The van der Waals surface area contributed by atoms with E-state index in [4.69, 9.17) is 0 Å². The van der Waals surface area contributed by atoms with Gasteiger partial charge in [0.1, 0.15) is 0 Å². The number of nitrogens with zero attached hydrogens (tertiary/aromatic N) is 1. The minimum Gasteiger partial charge on any atom is -0.296 e. The van der Waals surface area contributed by atoms with Gasteiger partial charge in [-0.3, -0.25) is 4.90 Å². The third kappa shape index (κ3) is 3.05. The van der Waals surface area contributed by atoms with Gasteiger partial charge in [-0.25, -0.2) is 0 Å². The van der Waals surface area contributed by atoms with Crippen molar-refractivity contribution in [2.45, 2.75) is 38.8 Å². The summed E-state index contributed by atoms with van der Waals surface area (Å²) in [6.07, 6.45) is 4.11. The third-order valence-corrected chi connectivity index (χ3v) is 3.71. The van der Waals surface area contributed by atoms with E-state index in [1.807, 2.05) is 0 Å². The number of benzene rings is 1. The average molecular weight is 268 g/mol. The second-order valence-electron chi connectivity index (χ2n) is 4.45. The van der Waals surface area contributed by atoms with E-state index in [9.17, 15) is 0 Å². The maximum Gasteiger partial charge on any atom is 0.0236 e. The lowest BCUT2D eigenvalue weighted by Gasteiger charge is -2.33. The highest BCUT2D eigenvalue weighted by atomic mass is 79.9. The molecule has 82 valence electrons. The smallest absolute Gasteiger partial charge is 0.0236 e. The van der Waals surface area contributed by atoms with Gasteiger partial charge in [-0.15, -0.1) is 0 Å². The van der Waals surface area contributed by atoms with Crippen LogP contribution in [0.5, 0.6) is 0 Å². The summed E-state index contributed by atoms with van der Waals surface area (Å²) in [5.41, 5.74) is 1.41. The van der Waals surface area contributed by atoms with Crippen LogP contribution in [-0.4, -0.2) is 17.5 Å². The summed E-state index contributed by atoms with van der Waals surface area (Å²) in [7, 11) is 0. The standard InChI is InChI=1S/C13H18BrN/c1-11-5-2-3-8-15(11)10-12-6-4-7-13(14)9-12/h4,6-7,9,11H,2-3,5,8,10H2,1H3/t11-/m1/s1. The molecule has 15 heavy (non-hydrogen) atoms. The predicted molar refractivity (Wildman–Crippen MR) is 67.9 cm³/mol. The molecule has 1 atom stereocenters. The highest BCUT2D eigenvalue weighted by molar-refractivity contribution is 9.10. The van der Waals surface area contributed by atoms with Crippen LogP contribution in [-0.2, 0) is 6.54 Å². The number of likely N-dealkylation sites (tertiary alicyclic amines) is 1. The summed E-state index contributed by atoms with van der Waals surface area (Å²) in [5.74, 6) is 0. The van der Waals surface area contributed by atoms with E-state index in [0.29, 0.717) is 0 Å². The minimum atomic E-state index is 0.748. The zero-order valence-corrected chi connectivity index (χ0v) is 10.8. The molecule has 0 radical (unpaired) electrons. The highest BCUT2D eigenvalue weighted by Gasteiger charge is 2.17. The molecule has 1 fully saturated rings. The quantitative estimate of drug-likeness (QED) is 0.788. The molecule has 0 unspecified atom stereocenters. The van der Waals surface area contributed by atoms with Crippen LogP contribution in [0.1, 0.15) is 31.7 Å². The Kier molecular flexibility index (Phi) is 3.81. The lowest BCUT2D eigenvalue weighted by Crippen LogP contribution is -2.36. The second kappa shape index (κ2) is 5.13. The van der Waals surface area contributed by atoms with Crippen LogP contribution in [0.4, 0.5) is 0 Å². The Morgan fingerprint density at radius 3 is 3.00 bits per heavy atom. The number of halogens is 1. The Bertz CT molecular complexity index is 324. The van der Waals surface area contributed by atoms with E-state index in [0.717, 1.165) is 12.6 Å². The molecular weight excluding hydrogens is 250 g/mol. The van der Waals surface area contributed by atoms with Crippen LogP contribution in [0.2, 0.25) is 0 Å². The lowest BCUT2D eigenvalue weighted by molar-refractivity contribution is 0.152. The molecule has 0 aromatic heterocycles. The van der Waals surface area contributed by atoms with E-state index in [1.165, 1.54) is 35.8 Å². The number of rotatable bonds is 2. The fourth-order valence-corrected chi connectivity index (χ4v) is 2.71. The van der Waals surface area contributed by atoms with Crippen LogP contribution in [0.3, 0.4) is 0 Å². The second-order valence-corrected chi connectivity index (χ2v) is 5.36. The summed E-state index contributed by atoms with van der Waals surface area (Å²) in [4.78, 5) is 2.59. The van der Waals surface area contributed by atoms with E-state index in [1.54, 1.807) is 0 Å². The van der Waals surface area contributed by atoms with Crippen LogP contribution in [0.15, 0.2) is 28.7 Å². The zero-order chi connectivity index (χ0) is 10.7. The normalized spacial score (nSPS) is 22.9. The monoisotopic (exact) mass is 267 g/mol.